The molecule has 0 aromatic rings. The molecule has 11 heteroatoms. The third kappa shape index (κ3) is 44.8. The van der Waals surface area contributed by atoms with Gasteiger partial charge in [0.15, 0.2) is 0 Å². The number of hydrogen-bond acceptors (Lipinski definition) is 8. The van der Waals surface area contributed by atoms with Crippen LogP contribution in [0.2, 0.25) is 0 Å². The van der Waals surface area contributed by atoms with E-state index < -0.39 is 45.1 Å². The molecule has 0 aromatic heterocycles. The smallest absolute Gasteiger partial charge is 0.472 e. The molecule has 4 N–H and O–H groups in total. The van der Waals surface area contributed by atoms with Crippen LogP contribution in [0.1, 0.15) is 258 Å². The van der Waals surface area contributed by atoms with Gasteiger partial charge in [-0.3, -0.25) is 18.6 Å². The number of carboxylic acid groups (broad SMARTS) is 1. The molecule has 0 saturated carbocycles. The van der Waals surface area contributed by atoms with Crippen LogP contribution in [-0.4, -0.2) is 60.5 Å². The van der Waals surface area contributed by atoms with E-state index in [4.69, 9.17) is 29.4 Å². The Kier molecular flexibility index (Phi) is 44.2. The molecule has 3 unspecified atom stereocenters. The Labute approximate surface area is 363 Å². The van der Waals surface area contributed by atoms with Gasteiger partial charge in [-0.05, 0) is 12.8 Å². The Hall–Kier alpha value is -1.03. The van der Waals surface area contributed by atoms with Crippen molar-refractivity contribution >= 4 is 19.8 Å². The molecular weight excluding hydrogens is 766 g/mol. The zero-order chi connectivity index (χ0) is 43.3. The molecule has 59 heavy (non-hydrogen) atoms. The number of ether oxygens (including phenoxy) is 2. The summed E-state index contributed by atoms with van der Waals surface area (Å²) >= 11 is 0. The first-order valence-electron chi connectivity index (χ1n) is 25.1. The molecule has 3 atom stereocenters. The summed E-state index contributed by atoms with van der Waals surface area (Å²) in [6.45, 7) is 3.96. The fourth-order valence-electron chi connectivity index (χ4n) is 7.49. The van der Waals surface area contributed by atoms with Gasteiger partial charge in [0.1, 0.15) is 12.1 Å². The second-order valence-electron chi connectivity index (χ2n) is 17.3. The Bertz CT molecular complexity index is 955. The lowest BCUT2D eigenvalue weighted by atomic mass is 10.0. The summed E-state index contributed by atoms with van der Waals surface area (Å²) in [5.74, 6) is -1.76. The maximum atomic E-state index is 12.7. The minimum absolute atomic E-state index is 0.0263. The molecule has 10 nitrogen and oxygen atoms in total. The minimum Gasteiger partial charge on any atom is -0.480 e. The number of carbonyl (C=O) groups excluding carboxylic acids is 1. The van der Waals surface area contributed by atoms with Crippen LogP contribution in [0.4, 0.5) is 0 Å². The van der Waals surface area contributed by atoms with Gasteiger partial charge < -0.3 is 25.2 Å². The molecule has 0 aliphatic heterocycles. The van der Waals surface area contributed by atoms with E-state index in [0.29, 0.717) is 6.61 Å². The highest BCUT2D eigenvalue weighted by Gasteiger charge is 2.27. The number of aliphatic carboxylic acids is 1. The topological polar surface area (TPSA) is 155 Å². The Morgan fingerprint density at radius 2 is 0.780 bits per heavy atom. The van der Waals surface area contributed by atoms with Crippen LogP contribution in [0.5, 0.6) is 0 Å². The van der Waals surface area contributed by atoms with Gasteiger partial charge in [0.2, 0.25) is 0 Å². The first-order chi connectivity index (χ1) is 28.7. The number of esters is 1. The lowest BCUT2D eigenvalue weighted by Gasteiger charge is -2.20. The largest absolute Gasteiger partial charge is 0.480 e. The van der Waals surface area contributed by atoms with Gasteiger partial charge in [-0.1, -0.05) is 239 Å². The van der Waals surface area contributed by atoms with E-state index in [2.05, 4.69) is 13.8 Å². The summed E-state index contributed by atoms with van der Waals surface area (Å²) < 4.78 is 33.5. The van der Waals surface area contributed by atoms with E-state index in [-0.39, 0.29) is 13.0 Å². The van der Waals surface area contributed by atoms with Gasteiger partial charge in [0.25, 0.3) is 0 Å². The van der Waals surface area contributed by atoms with Gasteiger partial charge in [-0.2, -0.15) is 0 Å². The van der Waals surface area contributed by atoms with Crippen LogP contribution >= 0.6 is 7.82 Å². The van der Waals surface area contributed by atoms with E-state index in [1.807, 2.05) is 0 Å². The molecule has 0 aliphatic carbocycles. The molecule has 0 heterocycles. The zero-order valence-electron chi connectivity index (χ0n) is 38.6. The average Bonchev–Trinajstić information content (AvgIpc) is 3.21. The van der Waals surface area contributed by atoms with Crippen LogP contribution in [0, 0.1) is 0 Å². The highest BCUT2D eigenvalue weighted by Crippen LogP contribution is 2.43. The van der Waals surface area contributed by atoms with Gasteiger partial charge in [0.05, 0.1) is 19.8 Å². The van der Waals surface area contributed by atoms with E-state index in [9.17, 15) is 19.0 Å². The highest BCUT2D eigenvalue weighted by atomic mass is 31.2. The maximum Gasteiger partial charge on any atom is 0.472 e. The normalized spacial score (nSPS) is 13.7. The Morgan fingerprint density at radius 3 is 1.12 bits per heavy atom. The molecule has 0 amide bonds. The minimum atomic E-state index is -4.61. The maximum absolute atomic E-state index is 12.7. The predicted molar refractivity (Wildman–Crippen MR) is 245 cm³/mol. The van der Waals surface area contributed by atoms with Gasteiger partial charge in [-0.15, -0.1) is 0 Å². The van der Waals surface area contributed by atoms with Gasteiger partial charge >= 0.3 is 19.8 Å². The number of hydrogen-bond donors (Lipinski definition) is 3. The lowest BCUT2D eigenvalue weighted by Crippen LogP contribution is -2.34. The summed E-state index contributed by atoms with van der Waals surface area (Å²) in [4.78, 5) is 33.6. The van der Waals surface area contributed by atoms with Crippen LogP contribution < -0.4 is 5.73 Å². The average molecular weight is 862 g/mol. The lowest BCUT2D eigenvalue weighted by molar-refractivity contribution is -0.154. The number of unbranched alkanes of at least 4 members (excludes halogenated alkanes) is 35. The first-order valence-corrected chi connectivity index (χ1v) is 26.6. The van der Waals surface area contributed by atoms with Gasteiger partial charge in [0, 0.05) is 13.0 Å². The van der Waals surface area contributed by atoms with Crippen LogP contribution in [0.15, 0.2) is 0 Å². The van der Waals surface area contributed by atoms with E-state index in [0.717, 1.165) is 38.5 Å². The number of phosphoric acid groups is 1. The summed E-state index contributed by atoms with van der Waals surface area (Å²) in [7, 11) is -4.61. The summed E-state index contributed by atoms with van der Waals surface area (Å²) in [5, 5.41) is 8.92. The molecule has 0 spiro atoms. The van der Waals surface area contributed by atoms with E-state index >= 15 is 0 Å². The quantitative estimate of drug-likeness (QED) is 0.0306. The predicted octanol–water partition coefficient (Wildman–Crippen LogP) is 14.3. The summed E-state index contributed by atoms with van der Waals surface area (Å²) in [6.07, 6.45) is 47.3. The second kappa shape index (κ2) is 45.0. The standard InChI is InChI=1S/C48H96NO9P/c1-3-5-7-9-11-13-15-17-19-21-23-24-26-28-30-32-34-36-38-40-47(50)58-45(43-56-59(53,54)57-44-46(49)48(51)52)42-55-41-39-37-35-33-31-29-27-25-22-20-18-16-14-12-10-8-6-4-2/h45-46H,3-44,49H2,1-2H3,(H,51,52)(H,53,54). The Balaban J connectivity index is 4.10. The monoisotopic (exact) mass is 862 g/mol. The number of carboxylic acids is 1. The van der Waals surface area contributed by atoms with Crippen molar-refractivity contribution in [1.82, 2.24) is 0 Å². The van der Waals surface area contributed by atoms with Crippen LogP contribution in [0.25, 0.3) is 0 Å². The first kappa shape index (κ1) is 58.0. The fourth-order valence-corrected chi connectivity index (χ4v) is 8.27. The SMILES string of the molecule is CCCCCCCCCCCCCCCCCCCCCC(=O)OC(COCCCCCCCCCCCCCCCCCCCC)COP(=O)(O)OCC(N)C(=O)O. The molecule has 0 radical (unpaired) electrons. The molecule has 0 fully saturated rings. The van der Waals surface area contributed by atoms with Crippen molar-refractivity contribution < 1.29 is 42.7 Å². The number of carbonyl (C=O) groups is 2. The third-order valence-electron chi connectivity index (χ3n) is 11.4. The number of rotatable bonds is 49. The summed E-state index contributed by atoms with van der Waals surface area (Å²) in [6, 6.07) is -1.47. The van der Waals surface area contributed by atoms with Crippen LogP contribution in [-0.2, 0) is 32.7 Å². The Morgan fingerprint density at radius 1 is 0.475 bits per heavy atom. The van der Waals surface area contributed by atoms with Crippen molar-refractivity contribution in [2.75, 3.05) is 26.4 Å². The molecule has 0 aliphatic rings. The van der Waals surface area contributed by atoms with E-state index in [1.54, 1.807) is 0 Å². The highest BCUT2D eigenvalue weighted by molar-refractivity contribution is 7.47. The fraction of sp³-hybridized carbons (Fsp3) is 0.958. The van der Waals surface area contributed by atoms with Crippen molar-refractivity contribution in [2.45, 2.75) is 270 Å². The molecule has 0 aromatic carbocycles. The molecular formula is C48H96NO9P. The van der Waals surface area contributed by atoms with Crippen molar-refractivity contribution in [2.24, 2.45) is 5.73 Å². The molecule has 0 rings (SSSR count). The second-order valence-corrected chi connectivity index (χ2v) is 18.8. The van der Waals surface area contributed by atoms with E-state index in [1.165, 1.54) is 199 Å². The van der Waals surface area contributed by atoms with Gasteiger partial charge in [-0.25, -0.2) is 4.57 Å². The van der Waals surface area contributed by atoms with Crippen molar-refractivity contribution in [3.05, 3.63) is 0 Å². The summed E-state index contributed by atoms with van der Waals surface area (Å²) in [5.41, 5.74) is 5.37. The molecule has 0 saturated heterocycles. The van der Waals surface area contributed by atoms with Crippen molar-refractivity contribution in [1.29, 1.82) is 0 Å². The van der Waals surface area contributed by atoms with Crippen molar-refractivity contribution in [3.63, 3.8) is 0 Å². The van der Waals surface area contributed by atoms with Crippen molar-refractivity contribution in [3.8, 4) is 0 Å². The number of nitrogens with two attached hydrogens (primary N) is 1. The molecule has 352 valence electrons. The third-order valence-corrected chi connectivity index (χ3v) is 12.3. The zero-order valence-corrected chi connectivity index (χ0v) is 39.5. The van der Waals surface area contributed by atoms with Crippen LogP contribution in [0.3, 0.4) is 0 Å². The molecule has 0 bridgehead atoms. The number of phosphoric ester groups is 1.